The first-order valence-electron chi connectivity index (χ1n) is 9.98. The molecular weight excluding hydrogens is 457 g/mol. The van der Waals surface area contributed by atoms with E-state index in [-0.39, 0.29) is 18.8 Å². The average Bonchev–Trinajstić information content (AvgIpc) is 3.10. The number of hydrogen-bond donors (Lipinski definition) is 1. The van der Waals surface area contributed by atoms with Gasteiger partial charge in [-0.2, -0.15) is 21.6 Å². The van der Waals surface area contributed by atoms with E-state index in [2.05, 4.69) is 5.92 Å². The SMILES string of the molecule is C#CCO[C@H]1C[C@H](n2cc(C(F)(F)F)c(=O)[nH]c2=O)O[C@@H]1COS(=O)(=O)CCCCCC. The summed E-state index contributed by atoms with van der Waals surface area (Å²) < 4.78 is 79.9. The van der Waals surface area contributed by atoms with Crippen LogP contribution in [0.1, 0.15) is 50.8 Å². The number of aromatic nitrogens is 2. The summed E-state index contributed by atoms with van der Waals surface area (Å²) in [5.74, 6) is 2.04. The number of hydrogen-bond acceptors (Lipinski definition) is 7. The number of terminal acetylenes is 1. The van der Waals surface area contributed by atoms with Gasteiger partial charge in [-0.05, 0) is 6.42 Å². The molecule has 1 aliphatic heterocycles. The molecule has 1 fully saturated rings. The van der Waals surface area contributed by atoms with Crippen LogP contribution in [0.3, 0.4) is 0 Å². The summed E-state index contributed by atoms with van der Waals surface area (Å²) in [4.78, 5) is 25.2. The number of halogens is 3. The highest BCUT2D eigenvalue weighted by Gasteiger charge is 2.40. The molecule has 0 spiro atoms. The summed E-state index contributed by atoms with van der Waals surface area (Å²) in [6.07, 6.45) is 0.267. The number of nitrogens with one attached hydrogen (secondary N) is 1. The van der Waals surface area contributed by atoms with Crippen LogP contribution in [-0.2, 0) is 30.0 Å². The van der Waals surface area contributed by atoms with Crippen LogP contribution in [0, 0.1) is 12.3 Å². The number of rotatable bonds is 11. The van der Waals surface area contributed by atoms with E-state index in [9.17, 15) is 31.2 Å². The van der Waals surface area contributed by atoms with Crippen LogP contribution in [0.2, 0.25) is 0 Å². The molecule has 1 aromatic rings. The van der Waals surface area contributed by atoms with Crippen molar-refractivity contribution in [2.24, 2.45) is 0 Å². The maximum Gasteiger partial charge on any atom is 0.423 e. The zero-order valence-electron chi connectivity index (χ0n) is 17.4. The molecule has 0 unspecified atom stereocenters. The van der Waals surface area contributed by atoms with Gasteiger partial charge in [0.15, 0.2) is 0 Å². The molecule has 180 valence electrons. The Morgan fingerprint density at radius 2 is 2.03 bits per heavy atom. The zero-order chi connectivity index (χ0) is 23.9. The van der Waals surface area contributed by atoms with E-state index in [4.69, 9.17) is 20.1 Å². The quantitative estimate of drug-likeness (QED) is 0.290. The highest BCUT2D eigenvalue weighted by molar-refractivity contribution is 7.86. The lowest BCUT2D eigenvalue weighted by molar-refractivity contribution is -0.139. The van der Waals surface area contributed by atoms with Crippen molar-refractivity contribution in [1.29, 1.82) is 0 Å². The maximum absolute atomic E-state index is 13.1. The summed E-state index contributed by atoms with van der Waals surface area (Å²) in [6, 6.07) is 0. The molecule has 1 aromatic heterocycles. The van der Waals surface area contributed by atoms with Gasteiger partial charge in [-0.3, -0.25) is 18.5 Å². The highest BCUT2D eigenvalue weighted by Crippen LogP contribution is 2.32. The van der Waals surface area contributed by atoms with Crippen molar-refractivity contribution in [3.63, 3.8) is 0 Å². The van der Waals surface area contributed by atoms with Crippen molar-refractivity contribution >= 4 is 10.1 Å². The Morgan fingerprint density at radius 3 is 2.66 bits per heavy atom. The number of nitrogens with zero attached hydrogens (tertiary/aromatic N) is 1. The van der Waals surface area contributed by atoms with Crippen molar-refractivity contribution in [3.05, 3.63) is 32.6 Å². The Kier molecular flexibility index (Phi) is 9.08. The van der Waals surface area contributed by atoms with Crippen LogP contribution >= 0.6 is 0 Å². The van der Waals surface area contributed by atoms with Crippen LogP contribution in [0.4, 0.5) is 13.2 Å². The minimum absolute atomic E-state index is 0.116. The number of aromatic amines is 1. The first-order chi connectivity index (χ1) is 15.0. The minimum atomic E-state index is -4.99. The van der Waals surface area contributed by atoms with E-state index in [1.165, 1.54) is 0 Å². The molecule has 0 saturated carbocycles. The van der Waals surface area contributed by atoms with Gasteiger partial charge in [-0.25, -0.2) is 4.79 Å². The lowest BCUT2D eigenvalue weighted by atomic mass is 10.2. The predicted molar refractivity (Wildman–Crippen MR) is 107 cm³/mol. The van der Waals surface area contributed by atoms with Crippen LogP contribution in [0.15, 0.2) is 15.8 Å². The Balaban J connectivity index is 2.16. The third kappa shape index (κ3) is 7.19. The predicted octanol–water partition coefficient (Wildman–Crippen LogP) is 1.79. The summed E-state index contributed by atoms with van der Waals surface area (Å²) >= 11 is 0. The summed E-state index contributed by atoms with van der Waals surface area (Å²) in [6.45, 7) is 1.35. The molecule has 13 heteroatoms. The molecule has 32 heavy (non-hydrogen) atoms. The molecule has 2 heterocycles. The van der Waals surface area contributed by atoms with E-state index in [1.54, 1.807) is 4.98 Å². The lowest BCUT2D eigenvalue weighted by Gasteiger charge is -2.18. The fourth-order valence-electron chi connectivity index (χ4n) is 3.19. The molecule has 0 amide bonds. The van der Waals surface area contributed by atoms with Gasteiger partial charge in [0.05, 0.1) is 18.5 Å². The Hall–Kier alpha value is -2.14. The molecule has 0 bridgehead atoms. The molecule has 0 radical (unpaired) electrons. The van der Waals surface area contributed by atoms with Crippen LogP contribution in [0.5, 0.6) is 0 Å². The van der Waals surface area contributed by atoms with E-state index >= 15 is 0 Å². The van der Waals surface area contributed by atoms with Gasteiger partial charge in [-0.1, -0.05) is 32.1 Å². The van der Waals surface area contributed by atoms with E-state index in [0.717, 1.165) is 19.3 Å². The number of ether oxygens (including phenoxy) is 2. The molecule has 1 N–H and O–H groups in total. The first-order valence-corrected chi connectivity index (χ1v) is 11.6. The van der Waals surface area contributed by atoms with Gasteiger partial charge in [0, 0.05) is 12.6 Å². The van der Waals surface area contributed by atoms with Crippen molar-refractivity contribution in [3.8, 4) is 12.3 Å². The van der Waals surface area contributed by atoms with Gasteiger partial charge >= 0.3 is 11.9 Å². The molecule has 1 aliphatic rings. The number of alkyl halides is 3. The van der Waals surface area contributed by atoms with Gasteiger partial charge < -0.3 is 9.47 Å². The second-order valence-electron chi connectivity index (χ2n) is 7.23. The van der Waals surface area contributed by atoms with Crippen molar-refractivity contribution < 1.29 is 35.2 Å². The smallest absolute Gasteiger partial charge is 0.363 e. The van der Waals surface area contributed by atoms with Gasteiger partial charge in [0.1, 0.15) is 24.5 Å². The van der Waals surface area contributed by atoms with Crippen LogP contribution in [-0.4, -0.2) is 49.1 Å². The largest absolute Gasteiger partial charge is 0.423 e. The second kappa shape index (κ2) is 11.1. The summed E-state index contributed by atoms with van der Waals surface area (Å²) in [5.41, 5.74) is -4.27. The average molecular weight is 482 g/mol. The van der Waals surface area contributed by atoms with E-state index in [1.807, 2.05) is 6.92 Å². The van der Waals surface area contributed by atoms with Gasteiger partial charge in [0.2, 0.25) is 0 Å². The maximum atomic E-state index is 13.1. The number of unbranched alkanes of at least 4 members (excludes halogenated alkanes) is 3. The third-order valence-corrected chi connectivity index (χ3v) is 6.09. The molecule has 2 rings (SSSR count). The summed E-state index contributed by atoms with van der Waals surface area (Å²) in [7, 11) is -3.86. The Labute approximate surface area is 183 Å². The third-order valence-electron chi connectivity index (χ3n) is 4.80. The highest BCUT2D eigenvalue weighted by atomic mass is 32.2. The normalized spacial score (nSPS) is 21.5. The monoisotopic (exact) mass is 482 g/mol. The van der Waals surface area contributed by atoms with Gasteiger partial charge in [0.25, 0.3) is 15.7 Å². The number of H-pyrrole nitrogens is 1. The zero-order valence-corrected chi connectivity index (χ0v) is 18.2. The topological polar surface area (TPSA) is 117 Å². The Bertz CT molecular complexity index is 1030. The minimum Gasteiger partial charge on any atom is -0.363 e. The standard InChI is InChI=1S/C19H25F3N2O7S/c1-3-5-6-7-9-32(27,28)30-12-15-14(29-8-4-2)10-16(31-15)24-11-13(19(20,21)22)17(25)23-18(24)26/h2,11,14-16H,3,5-10,12H2,1H3,(H,23,25,26)/t14-,15+,16+/m0/s1. The van der Waals surface area contributed by atoms with Crippen molar-refractivity contribution in [1.82, 2.24) is 9.55 Å². The lowest BCUT2D eigenvalue weighted by Crippen LogP contribution is -2.36. The van der Waals surface area contributed by atoms with E-state index < -0.39 is 58.1 Å². The first kappa shape index (κ1) is 26.1. The molecule has 0 aliphatic carbocycles. The fraction of sp³-hybridized carbons (Fsp3) is 0.684. The van der Waals surface area contributed by atoms with E-state index in [0.29, 0.717) is 17.2 Å². The molecule has 9 nitrogen and oxygen atoms in total. The molecule has 3 atom stereocenters. The molecular formula is C19H25F3N2O7S. The molecule has 0 aromatic carbocycles. The van der Waals surface area contributed by atoms with Gasteiger partial charge in [-0.15, -0.1) is 6.42 Å². The van der Waals surface area contributed by atoms with Crippen LogP contribution < -0.4 is 11.2 Å². The second-order valence-corrected chi connectivity index (χ2v) is 8.99. The fourth-order valence-corrected chi connectivity index (χ4v) is 4.21. The molecule has 1 saturated heterocycles. The van der Waals surface area contributed by atoms with Crippen molar-refractivity contribution in [2.75, 3.05) is 19.0 Å². The Morgan fingerprint density at radius 1 is 1.31 bits per heavy atom. The van der Waals surface area contributed by atoms with Crippen molar-refractivity contribution in [2.45, 2.75) is 63.6 Å². The van der Waals surface area contributed by atoms with Crippen LogP contribution in [0.25, 0.3) is 0 Å². The summed E-state index contributed by atoms with van der Waals surface area (Å²) in [5, 5.41) is 0.